The van der Waals surface area contributed by atoms with Crippen LogP contribution in [0.15, 0.2) is 55.1 Å². The van der Waals surface area contributed by atoms with E-state index in [1.54, 1.807) is 18.6 Å². The number of nitrogens with one attached hydrogen (secondary N) is 2. The molecule has 2 aromatic heterocycles. The third-order valence-electron chi connectivity index (χ3n) is 4.02. The summed E-state index contributed by atoms with van der Waals surface area (Å²) < 4.78 is 5.89. The number of aryl methyl sites for hydroxylation is 3. The molecule has 0 bridgehead atoms. The highest BCUT2D eigenvalue weighted by Crippen LogP contribution is 2.26. The van der Waals surface area contributed by atoms with Crippen molar-refractivity contribution < 1.29 is 9.53 Å². The predicted molar refractivity (Wildman–Crippen MR) is 109 cm³/mol. The van der Waals surface area contributed by atoms with Gasteiger partial charge in [-0.2, -0.15) is 0 Å². The summed E-state index contributed by atoms with van der Waals surface area (Å²) in [4.78, 5) is 24.5. The molecular formula is C21H23N5O2. The molecule has 2 heterocycles. The minimum absolute atomic E-state index is 0.385. The van der Waals surface area contributed by atoms with Crippen LogP contribution in [0.1, 0.15) is 23.2 Å². The molecule has 0 radical (unpaired) electrons. The smallest absolute Gasteiger partial charge is 0.324 e. The summed E-state index contributed by atoms with van der Waals surface area (Å²) in [6.45, 7) is 4.34. The first kappa shape index (κ1) is 19.3. The van der Waals surface area contributed by atoms with E-state index in [4.69, 9.17) is 4.74 Å². The third kappa shape index (κ3) is 5.77. The standard InChI is InChI=1S/C21H23N5O2/c1-15-5-6-19(28-11-3-4-17-7-9-22-10-8-17)18(12-15)25-21(27)26-20-14-23-16(2)13-24-20/h5-10,12-14H,3-4,11H2,1-2H3,(H2,24,25,26,27). The molecule has 144 valence electrons. The van der Waals surface area contributed by atoms with E-state index < -0.39 is 6.03 Å². The molecule has 0 aliphatic carbocycles. The van der Waals surface area contributed by atoms with Crippen molar-refractivity contribution in [3.8, 4) is 5.75 Å². The largest absolute Gasteiger partial charge is 0.491 e. The Balaban J connectivity index is 1.57. The molecule has 0 saturated heterocycles. The molecule has 0 aliphatic rings. The van der Waals surface area contributed by atoms with Crippen LogP contribution in [-0.4, -0.2) is 27.6 Å². The van der Waals surface area contributed by atoms with E-state index in [2.05, 4.69) is 25.6 Å². The Labute approximate surface area is 164 Å². The van der Waals surface area contributed by atoms with Gasteiger partial charge in [-0.15, -0.1) is 0 Å². The summed E-state index contributed by atoms with van der Waals surface area (Å²) in [6.07, 6.45) is 8.46. The molecule has 1 aromatic carbocycles. The van der Waals surface area contributed by atoms with Crippen LogP contribution in [0.5, 0.6) is 5.75 Å². The van der Waals surface area contributed by atoms with E-state index in [1.165, 1.54) is 11.8 Å². The molecule has 28 heavy (non-hydrogen) atoms. The first-order valence-corrected chi connectivity index (χ1v) is 9.09. The number of carbonyl (C=O) groups excluding carboxylic acids is 1. The van der Waals surface area contributed by atoms with Crippen LogP contribution in [0.3, 0.4) is 0 Å². The van der Waals surface area contributed by atoms with Crippen LogP contribution < -0.4 is 15.4 Å². The average Bonchev–Trinajstić information content (AvgIpc) is 2.69. The topological polar surface area (TPSA) is 89.0 Å². The number of nitrogens with zero attached hydrogens (tertiary/aromatic N) is 3. The predicted octanol–water partition coefficient (Wildman–Crippen LogP) is 4.14. The first-order valence-electron chi connectivity index (χ1n) is 9.09. The number of aromatic nitrogens is 3. The molecule has 0 spiro atoms. The lowest BCUT2D eigenvalue weighted by Gasteiger charge is -2.14. The van der Waals surface area contributed by atoms with Gasteiger partial charge in [-0.25, -0.2) is 9.78 Å². The highest BCUT2D eigenvalue weighted by Gasteiger charge is 2.09. The van der Waals surface area contributed by atoms with E-state index in [0.29, 0.717) is 23.9 Å². The monoisotopic (exact) mass is 377 g/mol. The number of pyridine rings is 1. The molecule has 2 N–H and O–H groups in total. The summed E-state index contributed by atoms with van der Waals surface area (Å²) >= 11 is 0. The van der Waals surface area contributed by atoms with Crippen molar-refractivity contribution in [2.24, 2.45) is 0 Å². The number of hydrogen-bond donors (Lipinski definition) is 2. The molecule has 7 heteroatoms. The first-order chi connectivity index (χ1) is 13.6. The van der Waals surface area contributed by atoms with Gasteiger partial charge >= 0.3 is 6.03 Å². The number of urea groups is 1. The Morgan fingerprint density at radius 2 is 1.86 bits per heavy atom. The second kappa shape index (κ2) is 9.45. The van der Waals surface area contributed by atoms with Crippen molar-refractivity contribution >= 4 is 17.5 Å². The van der Waals surface area contributed by atoms with Crippen molar-refractivity contribution in [1.82, 2.24) is 15.0 Å². The van der Waals surface area contributed by atoms with Crippen LogP contribution in [0.4, 0.5) is 16.3 Å². The Bertz CT molecular complexity index is 914. The van der Waals surface area contributed by atoms with Gasteiger partial charge in [0, 0.05) is 12.4 Å². The summed E-state index contributed by atoms with van der Waals surface area (Å²) in [5.41, 5.74) is 3.64. The van der Waals surface area contributed by atoms with Crippen molar-refractivity contribution in [3.05, 3.63) is 71.9 Å². The zero-order chi connectivity index (χ0) is 19.8. The van der Waals surface area contributed by atoms with E-state index in [0.717, 1.165) is 24.1 Å². The molecule has 3 rings (SSSR count). The number of anilines is 2. The summed E-state index contributed by atoms with van der Waals surface area (Å²) in [5.74, 6) is 1.01. The maximum atomic E-state index is 12.3. The fourth-order valence-corrected chi connectivity index (χ4v) is 2.60. The van der Waals surface area contributed by atoms with Crippen LogP contribution >= 0.6 is 0 Å². The van der Waals surface area contributed by atoms with E-state index in [1.807, 2.05) is 44.2 Å². The number of benzene rings is 1. The van der Waals surface area contributed by atoms with Crippen molar-refractivity contribution in [3.63, 3.8) is 0 Å². The number of hydrogen-bond acceptors (Lipinski definition) is 5. The van der Waals surface area contributed by atoms with Gasteiger partial charge in [0.1, 0.15) is 5.75 Å². The van der Waals surface area contributed by atoms with Gasteiger partial charge in [0.15, 0.2) is 5.82 Å². The van der Waals surface area contributed by atoms with Gasteiger partial charge in [0.2, 0.25) is 0 Å². The molecule has 7 nitrogen and oxygen atoms in total. The molecule has 2 amide bonds. The van der Waals surface area contributed by atoms with Gasteiger partial charge < -0.3 is 10.1 Å². The van der Waals surface area contributed by atoms with Gasteiger partial charge in [0.25, 0.3) is 0 Å². The lowest BCUT2D eigenvalue weighted by atomic mass is 10.1. The highest BCUT2D eigenvalue weighted by atomic mass is 16.5. The molecule has 0 saturated carbocycles. The summed E-state index contributed by atoms with van der Waals surface area (Å²) in [7, 11) is 0. The Kier molecular flexibility index (Phi) is 6.51. The van der Waals surface area contributed by atoms with Crippen LogP contribution in [0, 0.1) is 13.8 Å². The lowest BCUT2D eigenvalue weighted by Crippen LogP contribution is -2.21. The number of carbonyl (C=O) groups is 1. The van der Waals surface area contributed by atoms with Crippen molar-refractivity contribution in [2.75, 3.05) is 17.2 Å². The second-order valence-electron chi connectivity index (χ2n) is 6.43. The summed E-state index contributed by atoms with van der Waals surface area (Å²) in [5, 5.41) is 5.49. The van der Waals surface area contributed by atoms with Crippen molar-refractivity contribution in [1.29, 1.82) is 0 Å². The Morgan fingerprint density at radius 1 is 1.04 bits per heavy atom. The summed E-state index contributed by atoms with van der Waals surface area (Å²) in [6, 6.07) is 9.29. The van der Waals surface area contributed by atoms with Gasteiger partial charge in [-0.1, -0.05) is 6.07 Å². The Hall–Kier alpha value is -3.48. The normalized spacial score (nSPS) is 10.4. The minimum Gasteiger partial charge on any atom is -0.491 e. The molecule has 0 unspecified atom stereocenters. The van der Waals surface area contributed by atoms with Gasteiger partial charge in [-0.3, -0.25) is 15.3 Å². The van der Waals surface area contributed by atoms with Crippen LogP contribution in [0.2, 0.25) is 0 Å². The number of ether oxygens (including phenoxy) is 1. The van der Waals surface area contributed by atoms with Gasteiger partial charge in [0.05, 0.1) is 30.4 Å². The third-order valence-corrected chi connectivity index (χ3v) is 4.02. The molecule has 0 atom stereocenters. The quantitative estimate of drug-likeness (QED) is 0.604. The SMILES string of the molecule is Cc1ccc(OCCCc2ccncc2)c(NC(=O)Nc2cnc(C)cn2)c1. The van der Waals surface area contributed by atoms with E-state index in [9.17, 15) is 4.79 Å². The fraction of sp³-hybridized carbons (Fsp3) is 0.238. The average molecular weight is 377 g/mol. The number of amides is 2. The maximum Gasteiger partial charge on any atom is 0.324 e. The molecule has 0 aliphatic heterocycles. The number of rotatable bonds is 7. The maximum absolute atomic E-state index is 12.3. The van der Waals surface area contributed by atoms with Gasteiger partial charge in [-0.05, 0) is 62.1 Å². The van der Waals surface area contributed by atoms with Crippen molar-refractivity contribution in [2.45, 2.75) is 26.7 Å². The highest BCUT2D eigenvalue weighted by molar-refractivity contribution is 6.00. The van der Waals surface area contributed by atoms with Crippen LogP contribution in [-0.2, 0) is 6.42 Å². The Morgan fingerprint density at radius 3 is 2.61 bits per heavy atom. The van der Waals surface area contributed by atoms with E-state index in [-0.39, 0.29) is 0 Å². The molecule has 0 fully saturated rings. The minimum atomic E-state index is -0.398. The van der Waals surface area contributed by atoms with Crippen LogP contribution in [0.25, 0.3) is 0 Å². The zero-order valence-electron chi connectivity index (χ0n) is 16.0. The second-order valence-corrected chi connectivity index (χ2v) is 6.43. The fourth-order valence-electron chi connectivity index (χ4n) is 2.60. The molecular weight excluding hydrogens is 354 g/mol. The zero-order valence-corrected chi connectivity index (χ0v) is 16.0. The lowest BCUT2D eigenvalue weighted by molar-refractivity contribution is 0.261. The van der Waals surface area contributed by atoms with E-state index >= 15 is 0 Å². The molecule has 3 aromatic rings.